The minimum Gasteiger partial charge on any atom is -0.480 e. The Morgan fingerprint density at radius 3 is 2.27 bits per heavy atom. The molecule has 0 radical (unpaired) electrons. The molecule has 0 aromatic carbocycles. The van der Waals surface area contributed by atoms with Gasteiger partial charge in [0.05, 0.1) is 12.6 Å². The van der Waals surface area contributed by atoms with Crippen molar-refractivity contribution in [2.24, 2.45) is 17.4 Å². The Morgan fingerprint density at radius 1 is 1.07 bits per heavy atom. The van der Waals surface area contributed by atoms with Crippen molar-refractivity contribution in [2.45, 2.75) is 64.1 Å². The maximum absolute atomic E-state index is 12.6. The first-order valence-electron chi connectivity index (χ1n) is 10.2. The highest BCUT2D eigenvalue weighted by Crippen LogP contribution is 2.09. The third-order valence-electron chi connectivity index (χ3n) is 4.77. The number of nitrogens with two attached hydrogens (primary N) is 2. The summed E-state index contributed by atoms with van der Waals surface area (Å²) in [6, 6.07) is -2.67. The van der Waals surface area contributed by atoms with Gasteiger partial charge in [0, 0.05) is 0 Å². The molecule has 0 spiro atoms. The van der Waals surface area contributed by atoms with Crippen molar-refractivity contribution >= 4 is 35.5 Å². The van der Waals surface area contributed by atoms with E-state index in [4.69, 9.17) is 11.5 Å². The molecule has 0 aromatic rings. The molecule has 0 bridgehead atoms. The Kier molecular flexibility index (Phi) is 14.9. The molecule has 4 unspecified atom stereocenters. The molecule has 0 aromatic heterocycles. The molecule has 174 valence electrons. The lowest BCUT2D eigenvalue weighted by atomic mass is 9.99. The van der Waals surface area contributed by atoms with Gasteiger partial charge in [-0.05, 0) is 43.7 Å². The normalized spacial score (nSPS) is 14.8. The fourth-order valence-corrected chi connectivity index (χ4v) is 3.10. The van der Waals surface area contributed by atoms with Crippen LogP contribution in [-0.2, 0) is 19.2 Å². The first kappa shape index (κ1) is 28.1. The van der Waals surface area contributed by atoms with Gasteiger partial charge in [-0.3, -0.25) is 14.4 Å². The van der Waals surface area contributed by atoms with Crippen LogP contribution in [-0.4, -0.2) is 72.0 Å². The largest absolute Gasteiger partial charge is 0.480 e. The van der Waals surface area contributed by atoms with Crippen molar-refractivity contribution in [3.8, 4) is 0 Å². The zero-order valence-corrected chi connectivity index (χ0v) is 18.9. The number of unbranched alkanes of at least 4 members (excludes halogenated alkanes) is 1. The molecule has 0 saturated heterocycles. The highest BCUT2D eigenvalue weighted by atomic mass is 32.2. The van der Waals surface area contributed by atoms with E-state index in [1.807, 2.05) is 13.2 Å². The fourth-order valence-electron chi connectivity index (χ4n) is 2.62. The molecule has 10 nitrogen and oxygen atoms in total. The van der Waals surface area contributed by atoms with Crippen LogP contribution < -0.4 is 27.4 Å². The summed E-state index contributed by atoms with van der Waals surface area (Å²) in [7, 11) is 0. The lowest BCUT2D eigenvalue weighted by molar-refractivity contribution is -0.143. The minimum absolute atomic E-state index is 0.261. The second-order valence-corrected chi connectivity index (χ2v) is 8.21. The van der Waals surface area contributed by atoms with Crippen LogP contribution in [0.3, 0.4) is 0 Å². The van der Waals surface area contributed by atoms with Gasteiger partial charge in [0.1, 0.15) is 12.1 Å². The zero-order valence-electron chi connectivity index (χ0n) is 18.1. The average molecular weight is 448 g/mol. The number of hydrogen-bond donors (Lipinski definition) is 6. The SMILES string of the molecule is CCC(C)C(NC(=O)C(CCSC)NC(=O)CNC(=O)C(N)CCCCN)C(=O)O. The number of hydrogen-bond acceptors (Lipinski definition) is 7. The Balaban J connectivity index is 4.79. The Morgan fingerprint density at radius 2 is 1.73 bits per heavy atom. The quantitative estimate of drug-likeness (QED) is 0.170. The topological polar surface area (TPSA) is 177 Å². The van der Waals surface area contributed by atoms with E-state index in [9.17, 15) is 24.3 Å². The number of amides is 3. The molecule has 0 saturated carbocycles. The summed E-state index contributed by atoms with van der Waals surface area (Å²) < 4.78 is 0. The van der Waals surface area contributed by atoms with Crippen LogP contribution in [0.1, 0.15) is 46.0 Å². The van der Waals surface area contributed by atoms with E-state index in [1.165, 1.54) is 11.8 Å². The fraction of sp³-hybridized carbons (Fsp3) is 0.789. The van der Waals surface area contributed by atoms with Gasteiger partial charge in [0.25, 0.3) is 0 Å². The Bertz CT molecular complexity index is 563. The number of aliphatic carboxylic acids is 1. The average Bonchev–Trinajstić information content (AvgIpc) is 2.72. The Labute approximate surface area is 182 Å². The molecule has 0 heterocycles. The summed E-state index contributed by atoms with van der Waals surface area (Å²) >= 11 is 1.50. The maximum atomic E-state index is 12.6. The van der Waals surface area contributed by atoms with Crippen molar-refractivity contribution in [2.75, 3.05) is 25.1 Å². The monoisotopic (exact) mass is 447 g/mol. The summed E-state index contributed by atoms with van der Waals surface area (Å²) in [5.41, 5.74) is 11.2. The molecular weight excluding hydrogens is 410 g/mol. The molecule has 0 aliphatic carbocycles. The summed E-state index contributed by atoms with van der Waals surface area (Å²) in [5.74, 6) is -2.34. The zero-order chi connectivity index (χ0) is 23.1. The van der Waals surface area contributed by atoms with Crippen molar-refractivity contribution in [1.82, 2.24) is 16.0 Å². The van der Waals surface area contributed by atoms with Gasteiger partial charge in [-0.2, -0.15) is 11.8 Å². The molecule has 8 N–H and O–H groups in total. The highest BCUT2D eigenvalue weighted by molar-refractivity contribution is 7.98. The van der Waals surface area contributed by atoms with Gasteiger partial charge < -0.3 is 32.5 Å². The number of nitrogens with one attached hydrogen (secondary N) is 3. The second-order valence-electron chi connectivity index (χ2n) is 7.22. The van der Waals surface area contributed by atoms with Gasteiger partial charge in [-0.1, -0.05) is 26.7 Å². The standard InChI is InChI=1S/C19H37N5O5S/c1-4-12(2)16(19(28)29)24-18(27)14(8-10-30-3)23-15(25)11-22-17(26)13(21)7-5-6-9-20/h12-14,16H,4-11,20-21H2,1-3H3,(H,22,26)(H,23,25)(H,24,27)(H,28,29). The van der Waals surface area contributed by atoms with Crippen LogP contribution in [0.4, 0.5) is 0 Å². The number of thioether (sulfide) groups is 1. The lowest BCUT2D eigenvalue weighted by Crippen LogP contribution is -2.55. The van der Waals surface area contributed by atoms with Crippen LogP contribution in [0.2, 0.25) is 0 Å². The number of carboxylic acid groups (broad SMARTS) is 1. The summed E-state index contributed by atoms with van der Waals surface area (Å²) in [4.78, 5) is 48.3. The smallest absolute Gasteiger partial charge is 0.326 e. The molecule has 3 amide bonds. The van der Waals surface area contributed by atoms with E-state index in [2.05, 4.69) is 16.0 Å². The highest BCUT2D eigenvalue weighted by Gasteiger charge is 2.29. The third kappa shape index (κ3) is 11.4. The first-order chi connectivity index (χ1) is 14.2. The molecular formula is C19H37N5O5S. The van der Waals surface area contributed by atoms with Gasteiger partial charge in [-0.25, -0.2) is 4.79 Å². The molecule has 0 aliphatic heterocycles. The van der Waals surface area contributed by atoms with Gasteiger partial charge >= 0.3 is 5.97 Å². The van der Waals surface area contributed by atoms with Crippen LogP contribution in [0.25, 0.3) is 0 Å². The lowest BCUT2D eigenvalue weighted by Gasteiger charge is -2.24. The summed E-state index contributed by atoms with van der Waals surface area (Å²) in [6.07, 6.45) is 4.73. The van der Waals surface area contributed by atoms with E-state index in [-0.39, 0.29) is 12.5 Å². The van der Waals surface area contributed by atoms with E-state index >= 15 is 0 Å². The van der Waals surface area contributed by atoms with Crippen LogP contribution >= 0.6 is 11.8 Å². The minimum atomic E-state index is -1.12. The van der Waals surface area contributed by atoms with Crippen LogP contribution in [0.5, 0.6) is 0 Å². The molecule has 0 fully saturated rings. The second kappa shape index (κ2) is 15.9. The van der Waals surface area contributed by atoms with Crippen molar-refractivity contribution < 1.29 is 24.3 Å². The number of carbonyl (C=O) groups excluding carboxylic acids is 3. The maximum Gasteiger partial charge on any atom is 0.326 e. The number of rotatable bonds is 16. The van der Waals surface area contributed by atoms with Crippen molar-refractivity contribution in [3.63, 3.8) is 0 Å². The number of carbonyl (C=O) groups is 4. The van der Waals surface area contributed by atoms with Crippen LogP contribution in [0.15, 0.2) is 0 Å². The molecule has 4 atom stereocenters. The summed E-state index contributed by atoms with van der Waals surface area (Å²) in [5, 5.41) is 16.9. The number of carboxylic acids is 1. The van der Waals surface area contributed by atoms with E-state index < -0.39 is 41.8 Å². The van der Waals surface area contributed by atoms with Crippen molar-refractivity contribution in [1.29, 1.82) is 0 Å². The van der Waals surface area contributed by atoms with E-state index in [1.54, 1.807) is 6.92 Å². The van der Waals surface area contributed by atoms with Crippen molar-refractivity contribution in [3.05, 3.63) is 0 Å². The molecule has 0 rings (SSSR count). The van der Waals surface area contributed by atoms with Gasteiger partial charge in [0.15, 0.2) is 0 Å². The summed E-state index contributed by atoms with van der Waals surface area (Å²) in [6.45, 7) is 3.78. The molecule has 0 aliphatic rings. The predicted molar refractivity (Wildman–Crippen MR) is 118 cm³/mol. The van der Waals surface area contributed by atoms with Gasteiger partial charge in [-0.15, -0.1) is 0 Å². The van der Waals surface area contributed by atoms with E-state index in [0.29, 0.717) is 31.6 Å². The molecule has 30 heavy (non-hydrogen) atoms. The third-order valence-corrected chi connectivity index (χ3v) is 5.41. The molecule has 11 heteroatoms. The van der Waals surface area contributed by atoms with E-state index in [0.717, 1.165) is 12.8 Å². The first-order valence-corrected chi connectivity index (χ1v) is 11.6. The Hall–Kier alpha value is -1.85. The van der Waals surface area contributed by atoms with Gasteiger partial charge in [0.2, 0.25) is 17.7 Å². The van der Waals surface area contributed by atoms with Crippen LogP contribution in [0, 0.1) is 5.92 Å². The predicted octanol–water partition coefficient (Wildman–Crippen LogP) is -0.588.